The van der Waals surface area contributed by atoms with Gasteiger partial charge in [-0.1, -0.05) is 113 Å². The van der Waals surface area contributed by atoms with Gasteiger partial charge in [-0.15, -0.1) is 0 Å². The number of rotatable bonds is 5. The van der Waals surface area contributed by atoms with Crippen LogP contribution in [0.15, 0.2) is 126 Å². The Balaban J connectivity index is 1.78. The summed E-state index contributed by atoms with van der Waals surface area (Å²) in [6.45, 7) is 0. The average Bonchev–Trinajstić information content (AvgIpc) is 3.28. The van der Waals surface area contributed by atoms with Crippen LogP contribution in [0.3, 0.4) is 0 Å². The highest BCUT2D eigenvalue weighted by atomic mass is 79.9. The number of anilines is 1. The fourth-order valence-corrected chi connectivity index (χ4v) is 4.89. The van der Waals surface area contributed by atoms with Crippen molar-refractivity contribution < 1.29 is 18.0 Å². The summed E-state index contributed by atoms with van der Waals surface area (Å²) in [5.41, 5.74) is -0.188. The Kier molecular flexibility index (Phi) is 6.26. The largest absolute Gasteiger partial charge is 0.424 e. The van der Waals surface area contributed by atoms with E-state index in [4.69, 9.17) is 4.84 Å². The molecule has 4 aromatic carbocycles. The quantitative estimate of drug-likeness (QED) is 0.254. The lowest BCUT2D eigenvalue weighted by atomic mass is 9.76. The lowest BCUT2D eigenvalue weighted by molar-refractivity contribution is -0.257. The van der Waals surface area contributed by atoms with Crippen LogP contribution >= 0.6 is 15.9 Å². The van der Waals surface area contributed by atoms with Gasteiger partial charge in [0, 0.05) is 10.0 Å². The molecule has 6 heteroatoms. The van der Waals surface area contributed by atoms with E-state index >= 15 is 13.2 Å². The molecule has 0 bridgehead atoms. The molecule has 35 heavy (non-hydrogen) atoms. The Hall–Kier alpha value is -3.35. The van der Waals surface area contributed by atoms with Crippen molar-refractivity contribution >= 4 is 27.3 Å². The molecule has 2 nitrogen and oxygen atoms in total. The number of hydroxylamine groups is 1. The van der Waals surface area contributed by atoms with Gasteiger partial charge in [0.05, 0.1) is 17.3 Å². The first-order chi connectivity index (χ1) is 16.9. The van der Waals surface area contributed by atoms with E-state index in [2.05, 4.69) is 15.9 Å². The van der Waals surface area contributed by atoms with E-state index in [1.54, 1.807) is 103 Å². The van der Waals surface area contributed by atoms with Crippen molar-refractivity contribution in [1.29, 1.82) is 0 Å². The van der Waals surface area contributed by atoms with E-state index in [-0.39, 0.29) is 0 Å². The Morgan fingerprint density at radius 3 is 1.77 bits per heavy atom. The molecule has 0 spiro atoms. The molecule has 1 unspecified atom stereocenters. The standard InChI is InChI=1S/C29H21BrF3NO/c30-24-17-10-18-25(19-24)34-26(21-11-4-1-5-12-21)20-28(35-34,29(31,32)33)27(22-13-6-2-7-14-22)23-15-8-3-9-16-23/h1-20,27H. The van der Waals surface area contributed by atoms with Crippen LogP contribution in [-0.2, 0) is 4.84 Å². The van der Waals surface area contributed by atoms with Crippen LogP contribution in [0.25, 0.3) is 5.70 Å². The van der Waals surface area contributed by atoms with E-state index < -0.39 is 17.7 Å². The van der Waals surface area contributed by atoms with E-state index in [0.717, 1.165) is 4.47 Å². The van der Waals surface area contributed by atoms with Crippen LogP contribution in [0, 0.1) is 0 Å². The Bertz CT molecular complexity index is 1290. The first kappa shape index (κ1) is 23.4. The second kappa shape index (κ2) is 9.36. The summed E-state index contributed by atoms with van der Waals surface area (Å²) >= 11 is 3.43. The molecule has 1 heterocycles. The van der Waals surface area contributed by atoms with Crippen LogP contribution in [-0.4, -0.2) is 11.8 Å². The normalized spacial score (nSPS) is 18.1. The van der Waals surface area contributed by atoms with Gasteiger partial charge < -0.3 is 0 Å². The number of hydrogen-bond donors (Lipinski definition) is 0. The van der Waals surface area contributed by atoms with Crippen molar-refractivity contribution in [3.05, 3.63) is 143 Å². The van der Waals surface area contributed by atoms with Crippen molar-refractivity contribution in [2.45, 2.75) is 17.7 Å². The summed E-state index contributed by atoms with van der Waals surface area (Å²) < 4.78 is 46.6. The lowest BCUT2D eigenvalue weighted by Crippen LogP contribution is -2.51. The third-order valence-electron chi connectivity index (χ3n) is 6.06. The van der Waals surface area contributed by atoms with Gasteiger partial charge in [-0.3, -0.25) is 0 Å². The van der Waals surface area contributed by atoms with Crippen LogP contribution in [0.4, 0.5) is 18.9 Å². The first-order valence-electron chi connectivity index (χ1n) is 11.1. The van der Waals surface area contributed by atoms with Crippen LogP contribution in [0.5, 0.6) is 0 Å². The van der Waals surface area contributed by atoms with Crippen molar-refractivity contribution in [1.82, 2.24) is 0 Å². The second-order valence-corrected chi connectivity index (χ2v) is 9.22. The van der Waals surface area contributed by atoms with Gasteiger partial charge in [-0.2, -0.15) is 13.2 Å². The summed E-state index contributed by atoms with van der Waals surface area (Å²) in [4.78, 5) is 6.09. The third kappa shape index (κ3) is 4.40. The molecule has 0 amide bonds. The maximum Gasteiger partial charge on any atom is 0.424 e. The molecule has 1 aliphatic rings. The Morgan fingerprint density at radius 1 is 0.714 bits per heavy atom. The molecule has 0 saturated carbocycles. The molecule has 4 aromatic rings. The van der Waals surface area contributed by atoms with Gasteiger partial charge in [-0.25, -0.2) is 9.90 Å². The molecular formula is C29H21BrF3NO. The van der Waals surface area contributed by atoms with Gasteiger partial charge in [-0.05, 0) is 35.4 Å². The number of halogens is 4. The third-order valence-corrected chi connectivity index (χ3v) is 6.56. The summed E-state index contributed by atoms with van der Waals surface area (Å²) in [7, 11) is 0. The molecule has 0 saturated heterocycles. The predicted octanol–water partition coefficient (Wildman–Crippen LogP) is 8.38. The highest BCUT2D eigenvalue weighted by molar-refractivity contribution is 9.10. The molecule has 1 aliphatic heterocycles. The zero-order valence-corrected chi connectivity index (χ0v) is 20.1. The Labute approximate surface area is 210 Å². The van der Waals surface area contributed by atoms with Gasteiger partial charge >= 0.3 is 6.18 Å². The van der Waals surface area contributed by atoms with Crippen LogP contribution in [0.1, 0.15) is 22.6 Å². The molecule has 1 atom stereocenters. The van der Waals surface area contributed by atoms with Crippen molar-refractivity contribution in [2.24, 2.45) is 0 Å². The number of benzene rings is 4. The van der Waals surface area contributed by atoms with Crippen LogP contribution in [0.2, 0.25) is 0 Å². The molecule has 0 N–H and O–H groups in total. The molecular weight excluding hydrogens is 515 g/mol. The van der Waals surface area contributed by atoms with E-state index in [1.807, 2.05) is 12.1 Å². The minimum atomic E-state index is -4.73. The monoisotopic (exact) mass is 535 g/mol. The first-order valence-corrected chi connectivity index (χ1v) is 11.9. The number of nitrogens with zero attached hydrogens (tertiary/aromatic N) is 1. The minimum Gasteiger partial charge on any atom is -0.247 e. The molecule has 176 valence electrons. The van der Waals surface area contributed by atoms with Gasteiger partial charge in [0.1, 0.15) is 0 Å². The van der Waals surface area contributed by atoms with Crippen molar-refractivity contribution in [2.75, 3.05) is 5.06 Å². The molecule has 0 radical (unpaired) electrons. The Morgan fingerprint density at radius 2 is 1.26 bits per heavy atom. The van der Waals surface area contributed by atoms with E-state index in [0.29, 0.717) is 28.1 Å². The van der Waals surface area contributed by atoms with Crippen LogP contribution < -0.4 is 5.06 Å². The second-order valence-electron chi connectivity index (χ2n) is 8.31. The summed E-state index contributed by atoms with van der Waals surface area (Å²) in [6.07, 6.45) is -3.50. The van der Waals surface area contributed by atoms with E-state index in [9.17, 15) is 0 Å². The zero-order valence-electron chi connectivity index (χ0n) is 18.5. The molecule has 0 aromatic heterocycles. The predicted molar refractivity (Wildman–Crippen MR) is 136 cm³/mol. The van der Waals surface area contributed by atoms with E-state index in [1.165, 1.54) is 11.1 Å². The SMILES string of the molecule is FC(F)(F)C1(C(c2ccccc2)c2ccccc2)C=C(c2ccccc2)N(c2cccc(Br)c2)O1. The molecule has 0 aliphatic carbocycles. The fraction of sp³-hybridized carbons (Fsp3) is 0.103. The zero-order chi connectivity index (χ0) is 24.5. The molecule has 0 fully saturated rings. The van der Waals surface area contributed by atoms with Crippen molar-refractivity contribution in [3.63, 3.8) is 0 Å². The smallest absolute Gasteiger partial charge is 0.247 e. The lowest BCUT2D eigenvalue weighted by Gasteiger charge is -2.38. The average molecular weight is 536 g/mol. The van der Waals surface area contributed by atoms with Crippen molar-refractivity contribution in [3.8, 4) is 0 Å². The molecule has 5 rings (SSSR count). The minimum absolute atomic E-state index is 0.331. The maximum absolute atomic E-state index is 15.3. The highest BCUT2D eigenvalue weighted by Crippen LogP contribution is 2.54. The summed E-state index contributed by atoms with van der Waals surface area (Å²) in [5, 5.41) is 1.30. The van der Waals surface area contributed by atoms with Gasteiger partial charge in [0.15, 0.2) is 0 Å². The topological polar surface area (TPSA) is 12.5 Å². The fourth-order valence-electron chi connectivity index (χ4n) is 4.50. The number of hydrogen-bond acceptors (Lipinski definition) is 2. The van der Waals surface area contributed by atoms with Gasteiger partial charge in [0.25, 0.3) is 0 Å². The highest BCUT2D eigenvalue weighted by Gasteiger charge is 2.65. The summed E-state index contributed by atoms with van der Waals surface area (Å²) in [6, 6.07) is 33.5. The maximum atomic E-state index is 15.3. The van der Waals surface area contributed by atoms with Gasteiger partial charge in [0.2, 0.25) is 5.60 Å². The summed E-state index contributed by atoms with van der Waals surface area (Å²) in [5.74, 6) is -1.14. The number of alkyl halides is 3.